The summed E-state index contributed by atoms with van der Waals surface area (Å²) in [6.45, 7) is 5.87. The fourth-order valence-electron chi connectivity index (χ4n) is 2.83. The number of fused-ring (bicyclic) bond motifs is 1. The van der Waals surface area contributed by atoms with Gasteiger partial charge in [-0.2, -0.15) is 0 Å². The lowest BCUT2D eigenvalue weighted by molar-refractivity contribution is -0.385. The largest absolute Gasteiger partial charge is 0.494 e. The number of carbonyl (C=O) groups excluding carboxylic acids is 1. The molecule has 0 saturated carbocycles. The van der Waals surface area contributed by atoms with Gasteiger partial charge in [-0.3, -0.25) is 10.1 Å². The number of non-ortho nitro benzene ring substituents is 1. The van der Waals surface area contributed by atoms with Gasteiger partial charge < -0.3 is 24.6 Å². The molecule has 0 spiro atoms. The molecule has 1 aromatic rings. The molecule has 152 valence electrons. The van der Waals surface area contributed by atoms with E-state index < -0.39 is 22.7 Å². The van der Waals surface area contributed by atoms with Gasteiger partial charge in [-0.05, 0) is 26.8 Å². The minimum absolute atomic E-state index is 0.0931. The van der Waals surface area contributed by atoms with Crippen LogP contribution >= 0.6 is 0 Å². The zero-order valence-corrected chi connectivity index (χ0v) is 16.0. The second-order valence-electron chi connectivity index (χ2n) is 6.65. The normalized spacial score (nSPS) is 20.4. The second kappa shape index (κ2) is 9.36. The third kappa shape index (κ3) is 5.10. The van der Waals surface area contributed by atoms with E-state index >= 15 is 0 Å². The average molecular weight is 392 g/mol. The van der Waals surface area contributed by atoms with Crippen LogP contribution in [0.1, 0.15) is 32.4 Å². The molecule has 28 heavy (non-hydrogen) atoms. The van der Waals surface area contributed by atoms with Crippen molar-refractivity contribution in [2.75, 3.05) is 19.8 Å². The zero-order valence-electron chi connectivity index (χ0n) is 16.0. The van der Waals surface area contributed by atoms with E-state index in [0.29, 0.717) is 23.7 Å². The summed E-state index contributed by atoms with van der Waals surface area (Å²) in [4.78, 5) is 20.8. The first-order valence-electron chi connectivity index (χ1n) is 8.80. The maximum absolute atomic E-state index is 11.1. The Kier molecular flexibility index (Phi) is 7.17. The molecule has 2 atom stereocenters. The van der Waals surface area contributed by atoms with E-state index in [1.54, 1.807) is 26.0 Å². The number of aliphatic hydroxyl groups is 1. The van der Waals surface area contributed by atoms with Crippen molar-refractivity contribution >= 4 is 11.6 Å². The molecule has 0 saturated heterocycles. The van der Waals surface area contributed by atoms with Gasteiger partial charge >= 0.3 is 0 Å². The lowest BCUT2D eigenvalue weighted by Gasteiger charge is -2.42. The fourth-order valence-corrected chi connectivity index (χ4v) is 2.83. The highest BCUT2D eigenvalue weighted by molar-refractivity contribution is 5.48. The maximum Gasteiger partial charge on any atom is 0.270 e. The van der Waals surface area contributed by atoms with Crippen LogP contribution in [-0.4, -0.2) is 47.5 Å². The Bertz CT molecular complexity index is 784. The molecule has 0 radical (unpaired) electrons. The number of ether oxygens (including phenoxy) is 3. The van der Waals surface area contributed by atoms with Gasteiger partial charge in [0, 0.05) is 30.0 Å². The smallest absolute Gasteiger partial charge is 0.270 e. The molecule has 0 amide bonds. The van der Waals surface area contributed by atoms with Crippen LogP contribution < -0.4 is 10.1 Å². The zero-order chi connectivity index (χ0) is 20.7. The standard InChI is InChI=1S/C19H24N2O7/c1-4-27-14(12-26-9-5-8-22)11-20-17-15-10-13(21(24)25)6-7-16(15)28-19(2,3)18(17)23/h5-7,10-11,17-18,20,23H,4,9,12H2,1-3H3/t17-,18+/m1/s1. The van der Waals surface area contributed by atoms with Crippen molar-refractivity contribution in [3.63, 3.8) is 0 Å². The predicted octanol–water partition coefficient (Wildman–Crippen LogP) is 2.04. The molecule has 0 aliphatic carbocycles. The number of hydrogen-bond acceptors (Lipinski definition) is 8. The Labute approximate surface area is 162 Å². The van der Waals surface area contributed by atoms with Gasteiger partial charge in [0.1, 0.15) is 35.8 Å². The molecule has 9 heteroatoms. The Hall–Kier alpha value is -2.87. The van der Waals surface area contributed by atoms with Crippen LogP contribution in [-0.2, 0) is 14.3 Å². The number of nitrogens with one attached hydrogen (secondary N) is 1. The van der Waals surface area contributed by atoms with Crippen LogP contribution in [0.4, 0.5) is 5.69 Å². The third-order valence-electron chi connectivity index (χ3n) is 4.22. The van der Waals surface area contributed by atoms with Gasteiger partial charge in [-0.25, -0.2) is 4.79 Å². The average Bonchev–Trinajstić information content (AvgIpc) is 2.64. The number of hydrogen-bond donors (Lipinski definition) is 2. The van der Waals surface area contributed by atoms with E-state index in [9.17, 15) is 20.0 Å². The molecule has 0 fully saturated rings. The van der Waals surface area contributed by atoms with Gasteiger partial charge in [0.25, 0.3) is 5.69 Å². The molecule has 9 nitrogen and oxygen atoms in total. The van der Waals surface area contributed by atoms with Crippen LogP contribution in [0.15, 0.2) is 36.2 Å². The van der Waals surface area contributed by atoms with Crippen molar-refractivity contribution in [1.82, 2.24) is 5.32 Å². The highest BCUT2D eigenvalue weighted by Crippen LogP contribution is 2.41. The van der Waals surface area contributed by atoms with Crippen molar-refractivity contribution < 1.29 is 29.0 Å². The van der Waals surface area contributed by atoms with E-state index in [1.807, 2.05) is 6.92 Å². The monoisotopic (exact) mass is 392 g/mol. The van der Waals surface area contributed by atoms with Gasteiger partial charge in [-0.1, -0.05) is 0 Å². The second-order valence-corrected chi connectivity index (χ2v) is 6.65. The Morgan fingerprint density at radius 2 is 2.25 bits per heavy atom. The highest BCUT2D eigenvalue weighted by atomic mass is 16.6. The van der Waals surface area contributed by atoms with Crippen molar-refractivity contribution in [1.29, 1.82) is 0 Å². The van der Waals surface area contributed by atoms with Crippen LogP contribution in [0.3, 0.4) is 0 Å². The quantitative estimate of drug-likeness (QED) is 0.215. The first-order valence-corrected chi connectivity index (χ1v) is 8.80. The number of rotatable bonds is 9. The van der Waals surface area contributed by atoms with Crippen LogP contribution in [0.2, 0.25) is 0 Å². The van der Waals surface area contributed by atoms with E-state index in [-0.39, 0.29) is 18.9 Å². The number of nitro groups is 1. The molecule has 2 rings (SSSR count). The molecular weight excluding hydrogens is 368 g/mol. The number of benzene rings is 1. The van der Waals surface area contributed by atoms with Crippen molar-refractivity contribution in [3.8, 4) is 5.75 Å². The third-order valence-corrected chi connectivity index (χ3v) is 4.22. The lowest BCUT2D eigenvalue weighted by Crippen LogP contribution is -2.51. The number of aliphatic hydroxyl groups excluding tert-OH is 1. The van der Waals surface area contributed by atoms with Gasteiger partial charge in [0.05, 0.1) is 24.2 Å². The Balaban J connectivity index is 2.29. The minimum atomic E-state index is -0.986. The summed E-state index contributed by atoms with van der Waals surface area (Å²) < 4.78 is 16.6. The first kappa shape index (κ1) is 21.4. The van der Waals surface area contributed by atoms with E-state index in [0.717, 1.165) is 0 Å². The van der Waals surface area contributed by atoms with Gasteiger partial charge in [-0.15, -0.1) is 0 Å². The molecule has 0 unspecified atom stereocenters. The summed E-state index contributed by atoms with van der Waals surface area (Å²) in [6.07, 6.45) is 1.77. The summed E-state index contributed by atoms with van der Waals surface area (Å²) >= 11 is 0. The van der Waals surface area contributed by atoms with Crippen molar-refractivity contribution in [2.24, 2.45) is 0 Å². The van der Waals surface area contributed by atoms with E-state index in [4.69, 9.17) is 14.2 Å². The van der Waals surface area contributed by atoms with E-state index in [2.05, 4.69) is 5.32 Å². The molecular formula is C19H24N2O7. The van der Waals surface area contributed by atoms with E-state index in [1.165, 1.54) is 24.3 Å². The SMILES string of the molecule is CCOC(=CN[C@@H]1c2cc([N+](=O)[O-])ccc2OC(C)(C)[C@H]1O)COCC=C=O. The van der Waals surface area contributed by atoms with Crippen molar-refractivity contribution in [2.45, 2.75) is 38.5 Å². The highest BCUT2D eigenvalue weighted by Gasteiger charge is 2.43. The summed E-state index contributed by atoms with van der Waals surface area (Å²) in [5.41, 5.74) is -0.539. The van der Waals surface area contributed by atoms with Gasteiger partial charge in [0.15, 0.2) is 0 Å². The Morgan fingerprint density at radius 3 is 2.89 bits per heavy atom. The summed E-state index contributed by atoms with van der Waals surface area (Å²) in [7, 11) is 0. The minimum Gasteiger partial charge on any atom is -0.494 e. The molecule has 2 N–H and O–H groups in total. The molecule has 0 aromatic heterocycles. The van der Waals surface area contributed by atoms with Crippen LogP contribution in [0, 0.1) is 10.1 Å². The number of nitrogens with zero attached hydrogens (tertiary/aromatic N) is 1. The lowest BCUT2D eigenvalue weighted by atomic mass is 9.86. The maximum atomic E-state index is 11.1. The summed E-state index contributed by atoms with van der Waals surface area (Å²) in [5, 5.41) is 25.0. The summed E-state index contributed by atoms with van der Waals surface area (Å²) in [6, 6.07) is 3.60. The molecule has 1 aliphatic heterocycles. The molecule has 0 bridgehead atoms. The Morgan fingerprint density at radius 1 is 1.50 bits per heavy atom. The van der Waals surface area contributed by atoms with Crippen molar-refractivity contribution in [3.05, 3.63) is 51.9 Å². The van der Waals surface area contributed by atoms with Crippen LogP contribution in [0.25, 0.3) is 0 Å². The fraction of sp³-hybridized carbons (Fsp3) is 0.474. The summed E-state index contributed by atoms with van der Waals surface area (Å²) in [5.74, 6) is 2.52. The van der Waals surface area contributed by atoms with Crippen LogP contribution in [0.5, 0.6) is 5.75 Å². The molecule has 1 aliphatic rings. The predicted molar refractivity (Wildman–Crippen MR) is 100 cm³/mol. The molecule has 1 heterocycles. The van der Waals surface area contributed by atoms with Gasteiger partial charge in [0.2, 0.25) is 0 Å². The topological polar surface area (TPSA) is 120 Å². The number of nitro benzene ring substituents is 1. The first-order chi connectivity index (χ1) is 13.3. The molecule has 1 aromatic carbocycles.